The normalized spacial score (nSPS) is 16.5. The molecule has 1 aliphatic heterocycles. The number of aromatic nitrogens is 3. The number of aryl methyl sites for hydroxylation is 1. The first kappa shape index (κ1) is 17.2. The lowest BCUT2D eigenvalue weighted by molar-refractivity contribution is -0.117. The summed E-state index contributed by atoms with van der Waals surface area (Å²) < 4.78 is 7.53. The molecule has 7 heteroatoms. The Morgan fingerprint density at radius 2 is 2.00 bits per heavy atom. The summed E-state index contributed by atoms with van der Waals surface area (Å²) in [4.78, 5) is 18.8. The third-order valence-corrected chi connectivity index (χ3v) is 5.21. The lowest BCUT2D eigenvalue weighted by Crippen LogP contribution is -2.24. The number of anilines is 1. The van der Waals surface area contributed by atoms with E-state index in [1.807, 2.05) is 28.9 Å². The van der Waals surface area contributed by atoms with E-state index in [1.165, 1.54) is 5.56 Å². The monoisotopic (exact) mass is 383 g/mol. The van der Waals surface area contributed by atoms with Crippen molar-refractivity contribution in [2.45, 2.75) is 19.3 Å². The Labute approximate surface area is 166 Å². The van der Waals surface area contributed by atoms with Crippen LogP contribution in [-0.4, -0.2) is 27.0 Å². The van der Waals surface area contributed by atoms with Crippen LogP contribution in [0.2, 0.25) is 0 Å². The topological polar surface area (TPSA) is 87.4 Å². The Balaban J connectivity index is 1.38. The molecule has 1 saturated heterocycles. The van der Waals surface area contributed by atoms with Gasteiger partial charge in [-0.3, -0.25) is 4.79 Å². The van der Waals surface area contributed by atoms with Crippen LogP contribution >= 0.6 is 0 Å². The van der Waals surface area contributed by atoms with Gasteiger partial charge in [-0.1, -0.05) is 5.16 Å². The van der Waals surface area contributed by atoms with Crippen molar-refractivity contribution in [3.05, 3.63) is 71.9 Å². The maximum Gasteiger partial charge on any atom is 0.232 e. The largest absolute Gasteiger partial charge is 0.339 e. The Kier molecular flexibility index (Phi) is 3.91. The third kappa shape index (κ3) is 3.05. The minimum Gasteiger partial charge on any atom is -0.339 e. The standard InChI is InChI=1S/C22H17N5O2/c1-14-8-19-7-4-16(12-26(19)11-14)21-24-22(29-25-21)17-9-20(28)27(13-17)18-5-2-15(10-23)3-6-18/h2-8,11-12,17H,9,13H2,1H3. The van der Waals surface area contributed by atoms with Gasteiger partial charge in [0.2, 0.25) is 17.6 Å². The summed E-state index contributed by atoms with van der Waals surface area (Å²) in [5.74, 6) is 0.825. The summed E-state index contributed by atoms with van der Waals surface area (Å²) in [6, 6.07) is 15.2. The molecule has 0 radical (unpaired) electrons. The highest BCUT2D eigenvalue weighted by Crippen LogP contribution is 2.32. The zero-order valence-electron chi connectivity index (χ0n) is 15.7. The smallest absolute Gasteiger partial charge is 0.232 e. The van der Waals surface area contributed by atoms with Gasteiger partial charge in [0.1, 0.15) is 0 Å². The van der Waals surface area contributed by atoms with Crippen LogP contribution in [-0.2, 0) is 4.79 Å². The Morgan fingerprint density at radius 3 is 2.79 bits per heavy atom. The molecule has 1 atom stereocenters. The molecule has 1 aliphatic rings. The SMILES string of the molecule is Cc1cc2ccc(-c3noc(C4CC(=O)N(c5ccc(C#N)cc5)C4)n3)cn2c1. The number of fused-ring (bicyclic) bond motifs is 1. The van der Waals surface area contributed by atoms with E-state index in [0.717, 1.165) is 16.8 Å². The van der Waals surface area contributed by atoms with Crippen molar-refractivity contribution in [2.24, 2.45) is 0 Å². The number of amides is 1. The molecule has 7 nitrogen and oxygen atoms in total. The van der Waals surface area contributed by atoms with E-state index >= 15 is 0 Å². The lowest BCUT2D eigenvalue weighted by atomic mass is 10.1. The minimum atomic E-state index is -0.156. The molecule has 1 aromatic carbocycles. The summed E-state index contributed by atoms with van der Waals surface area (Å²) in [5.41, 5.74) is 4.48. The van der Waals surface area contributed by atoms with Gasteiger partial charge >= 0.3 is 0 Å². The van der Waals surface area contributed by atoms with Crippen molar-refractivity contribution in [3.63, 3.8) is 0 Å². The van der Waals surface area contributed by atoms with Crippen LogP contribution in [0, 0.1) is 18.3 Å². The van der Waals surface area contributed by atoms with E-state index in [9.17, 15) is 4.79 Å². The zero-order valence-corrected chi connectivity index (χ0v) is 15.7. The van der Waals surface area contributed by atoms with Crippen molar-refractivity contribution in [1.82, 2.24) is 14.5 Å². The van der Waals surface area contributed by atoms with Gasteiger partial charge in [-0.2, -0.15) is 10.2 Å². The van der Waals surface area contributed by atoms with Crippen LogP contribution in [0.5, 0.6) is 0 Å². The maximum atomic E-state index is 12.5. The van der Waals surface area contributed by atoms with E-state index in [-0.39, 0.29) is 11.8 Å². The molecule has 0 spiro atoms. The molecule has 0 bridgehead atoms. The number of hydrogen-bond donors (Lipinski definition) is 0. The fourth-order valence-electron chi connectivity index (χ4n) is 3.74. The van der Waals surface area contributed by atoms with E-state index in [2.05, 4.69) is 29.2 Å². The maximum absolute atomic E-state index is 12.5. The molecule has 29 heavy (non-hydrogen) atoms. The Hall–Kier alpha value is -3.92. The summed E-state index contributed by atoms with van der Waals surface area (Å²) >= 11 is 0. The highest BCUT2D eigenvalue weighted by atomic mass is 16.5. The molecule has 4 aromatic rings. The van der Waals surface area contributed by atoms with Crippen LogP contribution in [0.4, 0.5) is 5.69 Å². The molecule has 1 fully saturated rings. The Morgan fingerprint density at radius 1 is 1.17 bits per heavy atom. The number of hydrogen-bond acceptors (Lipinski definition) is 5. The average Bonchev–Trinajstić information content (AvgIpc) is 3.44. The molecule has 0 aliphatic carbocycles. The predicted octanol–water partition coefficient (Wildman–Crippen LogP) is 3.69. The van der Waals surface area contributed by atoms with Gasteiger partial charge in [-0.15, -0.1) is 0 Å². The zero-order chi connectivity index (χ0) is 20.0. The molecule has 3 aromatic heterocycles. The van der Waals surface area contributed by atoms with Crippen molar-refractivity contribution in [2.75, 3.05) is 11.4 Å². The van der Waals surface area contributed by atoms with E-state index < -0.39 is 0 Å². The summed E-state index contributed by atoms with van der Waals surface area (Å²) in [5, 5.41) is 13.1. The molecule has 1 unspecified atom stereocenters. The van der Waals surface area contributed by atoms with Gasteiger partial charge < -0.3 is 13.8 Å². The highest BCUT2D eigenvalue weighted by Gasteiger charge is 2.35. The highest BCUT2D eigenvalue weighted by molar-refractivity contribution is 5.96. The van der Waals surface area contributed by atoms with Crippen LogP contribution in [0.3, 0.4) is 0 Å². The van der Waals surface area contributed by atoms with Gasteiger partial charge in [0, 0.05) is 42.1 Å². The van der Waals surface area contributed by atoms with E-state index in [4.69, 9.17) is 9.78 Å². The first-order valence-electron chi connectivity index (χ1n) is 9.33. The summed E-state index contributed by atoms with van der Waals surface area (Å²) in [6.45, 7) is 2.53. The number of nitrogens with zero attached hydrogens (tertiary/aromatic N) is 5. The fourth-order valence-corrected chi connectivity index (χ4v) is 3.74. The van der Waals surface area contributed by atoms with Gasteiger partial charge in [0.15, 0.2) is 0 Å². The minimum absolute atomic E-state index is 0.00342. The predicted molar refractivity (Wildman–Crippen MR) is 106 cm³/mol. The second-order valence-electron chi connectivity index (χ2n) is 7.29. The van der Waals surface area contributed by atoms with Gasteiger partial charge in [-0.25, -0.2) is 0 Å². The number of pyridine rings is 1. The second-order valence-corrected chi connectivity index (χ2v) is 7.29. The fraction of sp³-hybridized carbons (Fsp3) is 0.182. The molecule has 4 heterocycles. The second kappa shape index (κ2) is 6.60. The van der Waals surface area contributed by atoms with Crippen molar-refractivity contribution < 1.29 is 9.32 Å². The summed E-state index contributed by atoms with van der Waals surface area (Å²) in [6.07, 6.45) is 4.34. The van der Waals surface area contributed by atoms with Gasteiger partial charge in [-0.05, 0) is 55.0 Å². The molecular weight excluding hydrogens is 366 g/mol. The molecule has 0 saturated carbocycles. The van der Waals surface area contributed by atoms with Crippen LogP contribution in [0.25, 0.3) is 16.9 Å². The van der Waals surface area contributed by atoms with Crippen LogP contribution < -0.4 is 4.90 Å². The van der Waals surface area contributed by atoms with E-state index in [1.54, 1.807) is 29.2 Å². The number of rotatable bonds is 3. The first-order chi connectivity index (χ1) is 14.1. The molecule has 1 amide bonds. The number of benzene rings is 1. The van der Waals surface area contributed by atoms with Gasteiger partial charge in [0.25, 0.3) is 0 Å². The quantitative estimate of drug-likeness (QED) is 0.538. The van der Waals surface area contributed by atoms with Crippen molar-refractivity contribution in [3.8, 4) is 17.5 Å². The Bertz CT molecular complexity index is 1260. The molecular formula is C22H17N5O2. The lowest BCUT2D eigenvalue weighted by Gasteiger charge is -2.15. The number of carbonyl (C=O) groups is 1. The molecule has 5 rings (SSSR count). The molecule has 0 N–H and O–H groups in total. The van der Waals surface area contributed by atoms with Gasteiger partial charge in [0.05, 0.1) is 17.6 Å². The van der Waals surface area contributed by atoms with E-state index in [0.29, 0.717) is 30.2 Å². The molecule has 142 valence electrons. The van der Waals surface area contributed by atoms with Crippen molar-refractivity contribution >= 4 is 17.1 Å². The van der Waals surface area contributed by atoms with Crippen LogP contribution in [0.15, 0.2) is 59.4 Å². The summed E-state index contributed by atoms with van der Waals surface area (Å²) in [7, 11) is 0. The average molecular weight is 383 g/mol. The van der Waals surface area contributed by atoms with Crippen molar-refractivity contribution in [1.29, 1.82) is 5.26 Å². The van der Waals surface area contributed by atoms with Crippen LogP contribution in [0.1, 0.15) is 29.4 Å². The number of nitriles is 1. The first-order valence-corrected chi connectivity index (χ1v) is 9.33. The third-order valence-electron chi connectivity index (χ3n) is 5.21. The number of carbonyl (C=O) groups excluding carboxylic acids is 1.